The lowest BCUT2D eigenvalue weighted by Gasteiger charge is -2.05. The van der Waals surface area contributed by atoms with Crippen molar-refractivity contribution in [3.05, 3.63) is 46.4 Å². The molecule has 1 N–H and O–H groups in total. The first kappa shape index (κ1) is 13.9. The summed E-state index contributed by atoms with van der Waals surface area (Å²) in [7, 11) is -3.56. The predicted octanol–water partition coefficient (Wildman–Crippen LogP) is 1.82. The number of thiazole rings is 1. The van der Waals surface area contributed by atoms with Crippen molar-refractivity contribution in [2.45, 2.75) is 18.4 Å². The summed E-state index contributed by atoms with van der Waals surface area (Å²) in [5.74, 6) is -0.0958. The molecule has 2 aromatic rings. The number of carbonyl (C=O) groups is 1. The number of nitrogens with one attached hydrogen (secondary N) is 1. The molecule has 0 atom stereocenters. The Morgan fingerprint density at radius 2 is 2.00 bits per heavy atom. The van der Waals surface area contributed by atoms with Gasteiger partial charge in [-0.3, -0.25) is 9.78 Å². The van der Waals surface area contributed by atoms with E-state index in [1.54, 1.807) is 11.7 Å². The summed E-state index contributed by atoms with van der Waals surface area (Å²) in [6, 6.07) is 5.85. The van der Waals surface area contributed by atoms with Crippen LogP contribution in [0.5, 0.6) is 0 Å². The second-order valence-electron chi connectivity index (χ2n) is 3.87. The van der Waals surface area contributed by atoms with Gasteiger partial charge >= 0.3 is 0 Å². The van der Waals surface area contributed by atoms with Crippen LogP contribution in [0.4, 0.5) is 0 Å². The number of benzene rings is 1. The molecule has 1 aromatic heterocycles. The smallest absolute Gasteiger partial charge is 0.240 e. The second-order valence-corrected chi connectivity index (χ2v) is 6.61. The van der Waals surface area contributed by atoms with E-state index in [2.05, 4.69) is 9.71 Å². The molecule has 7 heteroatoms. The minimum Gasteiger partial charge on any atom is -0.295 e. The summed E-state index contributed by atoms with van der Waals surface area (Å²) in [6.45, 7) is 1.65. The predicted molar refractivity (Wildman–Crippen MR) is 72.6 cm³/mol. The first-order valence-corrected chi connectivity index (χ1v) is 7.83. The number of nitrogens with zero attached hydrogens (tertiary/aromatic N) is 1. The van der Waals surface area contributed by atoms with Crippen LogP contribution in [0.1, 0.15) is 22.2 Å². The first-order valence-electron chi connectivity index (χ1n) is 5.47. The molecule has 0 aliphatic carbocycles. The Morgan fingerprint density at radius 3 is 2.53 bits per heavy atom. The lowest BCUT2D eigenvalue weighted by molar-refractivity contribution is 0.101. The highest BCUT2D eigenvalue weighted by molar-refractivity contribution is 7.89. The molecule has 0 fully saturated rings. The minimum absolute atomic E-state index is 0.0958. The van der Waals surface area contributed by atoms with Crippen molar-refractivity contribution in [1.82, 2.24) is 9.71 Å². The molecule has 19 heavy (non-hydrogen) atoms. The summed E-state index contributed by atoms with van der Waals surface area (Å²) in [6.07, 6.45) is 1.62. The van der Waals surface area contributed by atoms with Crippen LogP contribution >= 0.6 is 11.3 Å². The zero-order valence-corrected chi connectivity index (χ0v) is 11.8. The Bertz CT molecular complexity index is 662. The van der Waals surface area contributed by atoms with Gasteiger partial charge in [-0.1, -0.05) is 12.1 Å². The van der Waals surface area contributed by atoms with Crippen LogP contribution < -0.4 is 4.72 Å². The molecule has 0 saturated heterocycles. The van der Waals surface area contributed by atoms with Gasteiger partial charge in [-0.2, -0.15) is 0 Å². The quantitative estimate of drug-likeness (QED) is 0.854. The van der Waals surface area contributed by atoms with Crippen molar-refractivity contribution in [3.63, 3.8) is 0 Å². The highest BCUT2D eigenvalue weighted by Crippen LogP contribution is 2.12. The van der Waals surface area contributed by atoms with Gasteiger partial charge in [-0.15, -0.1) is 11.3 Å². The van der Waals surface area contributed by atoms with Gasteiger partial charge in [0.25, 0.3) is 0 Å². The number of sulfonamides is 1. The standard InChI is InChI=1S/C12H12N2O3S2/c1-9(15)10-2-4-12(5-3-10)19(16,17)14-7-11-6-13-8-18-11/h2-6,8,14H,7H2,1H3. The summed E-state index contributed by atoms with van der Waals surface area (Å²) in [5, 5.41) is 0. The van der Waals surface area contributed by atoms with E-state index in [4.69, 9.17) is 0 Å². The molecule has 0 radical (unpaired) electrons. The maximum absolute atomic E-state index is 12.0. The van der Waals surface area contributed by atoms with Crippen LogP contribution in [0.15, 0.2) is 40.9 Å². The fourth-order valence-electron chi connectivity index (χ4n) is 1.45. The molecule has 0 unspecified atom stereocenters. The van der Waals surface area contributed by atoms with Crippen LogP contribution in [-0.2, 0) is 16.6 Å². The van der Waals surface area contributed by atoms with Crippen molar-refractivity contribution in [1.29, 1.82) is 0 Å². The van der Waals surface area contributed by atoms with Crippen LogP contribution in [0.25, 0.3) is 0 Å². The van der Waals surface area contributed by atoms with Gasteiger partial charge < -0.3 is 0 Å². The Balaban J connectivity index is 2.13. The minimum atomic E-state index is -3.56. The lowest BCUT2D eigenvalue weighted by atomic mass is 10.2. The lowest BCUT2D eigenvalue weighted by Crippen LogP contribution is -2.22. The van der Waals surface area contributed by atoms with Crippen molar-refractivity contribution in [3.8, 4) is 0 Å². The van der Waals surface area contributed by atoms with E-state index in [0.29, 0.717) is 5.56 Å². The van der Waals surface area contributed by atoms with Crippen molar-refractivity contribution >= 4 is 27.1 Å². The number of aromatic nitrogens is 1. The van der Waals surface area contributed by atoms with Gasteiger partial charge in [-0.05, 0) is 19.1 Å². The Labute approximate surface area is 115 Å². The number of hydrogen-bond donors (Lipinski definition) is 1. The van der Waals surface area contributed by atoms with Gasteiger partial charge in [0.1, 0.15) is 0 Å². The monoisotopic (exact) mass is 296 g/mol. The maximum atomic E-state index is 12.0. The molecule has 0 amide bonds. The third kappa shape index (κ3) is 3.46. The van der Waals surface area contributed by atoms with Gasteiger partial charge in [-0.25, -0.2) is 13.1 Å². The third-order valence-electron chi connectivity index (χ3n) is 2.49. The average molecular weight is 296 g/mol. The number of hydrogen-bond acceptors (Lipinski definition) is 5. The zero-order chi connectivity index (χ0) is 13.9. The fraction of sp³-hybridized carbons (Fsp3) is 0.167. The number of Topliss-reactive ketones (excluding diaryl/α,β-unsaturated/α-hetero) is 1. The largest absolute Gasteiger partial charge is 0.295 e. The zero-order valence-electron chi connectivity index (χ0n) is 10.2. The van der Waals surface area contributed by atoms with E-state index >= 15 is 0 Å². The van der Waals surface area contributed by atoms with Crippen molar-refractivity contribution in [2.24, 2.45) is 0 Å². The van der Waals surface area contributed by atoms with Gasteiger partial charge in [0.15, 0.2) is 5.78 Å². The number of carbonyl (C=O) groups excluding carboxylic acids is 1. The van der Waals surface area contributed by atoms with E-state index in [1.807, 2.05) is 0 Å². The van der Waals surface area contributed by atoms with E-state index in [1.165, 1.54) is 42.5 Å². The molecule has 0 aliphatic rings. The van der Waals surface area contributed by atoms with E-state index < -0.39 is 10.0 Å². The Kier molecular flexibility index (Phi) is 4.08. The molecule has 0 spiro atoms. The SMILES string of the molecule is CC(=O)c1ccc(S(=O)(=O)NCc2cncs2)cc1. The summed E-state index contributed by atoms with van der Waals surface area (Å²) >= 11 is 1.38. The van der Waals surface area contributed by atoms with Crippen LogP contribution in [-0.4, -0.2) is 19.2 Å². The fourth-order valence-corrected chi connectivity index (χ4v) is 3.08. The van der Waals surface area contributed by atoms with Gasteiger partial charge in [0.2, 0.25) is 10.0 Å². The number of ketones is 1. The van der Waals surface area contributed by atoms with Crippen LogP contribution in [0.3, 0.4) is 0 Å². The van der Waals surface area contributed by atoms with Crippen molar-refractivity contribution in [2.75, 3.05) is 0 Å². The second kappa shape index (κ2) is 5.60. The Hall–Kier alpha value is -1.57. The molecule has 0 bridgehead atoms. The third-order valence-corrected chi connectivity index (χ3v) is 4.69. The normalized spacial score (nSPS) is 11.4. The van der Waals surface area contributed by atoms with E-state index in [9.17, 15) is 13.2 Å². The molecular weight excluding hydrogens is 284 g/mol. The first-order chi connectivity index (χ1) is 8.99. The summed E-state index contributed by atoms with van der Waals surface area (Å²) in [5.41, 5.74) is 2.13. The van der Waals surface area contributed by atoms with E-state index in [0.717, 1.165) is 4.88 Å². The molecule has 1 heterocycles. The highest BCUT2D eigenvalue weighted by atomic mass is 32.2. The summed E-state index contributed by atoms with van der Waals surface area (Å²) in [4.78, 5) is 16.0. The van der Waals surface area contributed by atoms with Crippen LogP contribution in [0, 0.1) is 0 Å². The molecule has 5 nitrogen and oxygen atoms in total. The maximum Gasteiger partial charge on any atom is 0.240 e. The number of rotatable bonds is 5. The average Bonchev–Trinajstić information content (AvgIpc) is 2.90. The molecule has 0 aliphatic heterocycles. The Morgan fingerprint density at radius 1 is 1.32 bits per heavy atom. The molecule has 2 rings (SSSR count). The molecule has 0 saturated carbocycles. The summed E-state index contributed by atoms with van der Waals surface area (Å²) < 4.78 is 26.5. The molecule has 100 valence electrons. The van der Waals surface area contributed by atoms with Gasteiger partial charge in [0.05, 0.1) is 10.4 Å². The van der Waals surface area contributed by atoms with Gasteiger partial charge in [0, 0.05) is 23.2 Å². The van der Waals surface area contributed by atoms with Crippen LogP contribution in [0.2, 0.25) is 0 Å². The van der Waals surface area contributed by atoms with E-state index in [-0.39, 0.29) is 17.2 Å². The molecular formula is C12H12N2O3S2. The highest BCUT2D eigenvalue weighted by Gasteiger charge is 2.14. The molecule has 1 aromatic carbocycles. The van der Waals surface area contributed by atoms with Crippen molar-refractivity contribution < 1.29 is 13.2 Å². The topological polar surface area (TPSA) is 76.1 Å².